The van der Waals surface area contributed by atoms with Crippen LogP contribution in [0.3, 0.4) is 0 Å². The third-order valence-corrected chi connectivity index (χ3v) is 3.72. The summed E-state index contributed by atoms with van der Waals surface area (Å²) in [7, 11) is 0. The molecular formula is C16H20F2N2O3. The highest BCUT2D eigenvalue weighted by Crippen LogP contribution is 2.12. The first-order chi connectivity index (χ1) is 10.9. The zero-order chi connectivity index (χ0) is 17.0. The number of nitrogens with zero attached hydrogens (tertiary/aromatic N) is 1. The molecule has 23 heavy (non-hydrogen) atoms. The lowest BCUT2D eigenvalue weighted by Crippen LogP contribution is -2.53. The highest BCUT2D eigenvalue weighted by atomic mass is 19.2. The highest BCUT2D eigenvalue weighted by molar-refractivity contribution is 5.97. The van der Waals surface area contributed by atoms with Crippen LogP contribution in [0, 0.1) is 17.6 Å². The van der Waals surface area contributed by atoms with E-state index < -0.39 is 23.6 Å². The van der Waals surface area contributed by atoms with E-state index in [1.165, 1.54) is 6.07 Å². The van der Waals surface area contributed by atoms with Crippen LogP contribution in [-0.2, 0) is 9.53 Å². The van der Waals surface area contributed by atoms with Gasteiger partial charge in [0.25, 0.3) is 5.91 Å². The van der Waals surface area contributed by atoms with E-state index in [1.807, 2.05) is 13.8 Å². The normalized spacial score (nSPS) is 16.3. The smallest absolute Gasteiger partial charge is 0.252 e. The summed E-state index contributed by atoms with van der Waals surface area (Å²) in [6, 6.07) is 2.16. The molecule has 0 unspecified atom stereocenters. The van der Waals surface area contributed by atoms with Crippen molar-refractivity contribution >= 4 is 11.8 Å². The summed E-state index contributed by atoms with van der Waals surface area (Å²) in [4.78, 5) is 26.4. The van der Waals surface area contributed by atoms with Gasteiger partial charge in [-0.2, -0.15) is 0 Å². The van der Waals surface area contributed by atoms with Crippen molar-refractivity contribution in [3.05, 3.63) is 35.4 Å². The number of hydrogen-bond acceptors (Lipinski definition) is 3. The van der Waals surface area contributed by atoms with Crippen LogP contribution in [0.25, 0.3) is 0 Å². The Kier molecular flexibility index (Phi) is 5.65. The molecule has 0 aliphatic carbocycles. The Balaban J connectivity index is 2.10. The zero-order valence-corrected chi connectivity index (χ0v) is 13.1. The van der Waals surface area contributed by atoms with Gasteiger partial charge < -0.3 is 15.0 Å². The average molecular weight is 326 g/mol. The van der Waals surface area contributed by atoms with Crippen molar-refractivity contribution < 1.29 is 23.1 Å². The first-order valence-electron chi connectivity index (χ1n) is 7.52. The number of nitrogens with one attached hydrogen (secondary N) is 1. The van der Waals surface area contributed by atoms with Crippen LogP contribution in [0.4, 0.5) is 8.78 Å². The van der Waals surface area contributed by atoms with Crippen LogP contribution >= 0.6 is 0 Å². The standard InChI is InChI=1S/C16H20F2N2O3/c1-10(2)14(16(22)20-5-7-23-8-6-20)19-15(21)11-3-4-12(17)13(18)9-11/h3-4,9-10,14H,5-8H2,1-2H3,(H,19,21)/t14-/m1/s1. The first kappa shape index (κ1) is 17.3. The Morgan fingerprint density at radius 3 is 2.39 bits per heavy atom. The average Bonchev–Trinajstić information content (AvgIpc) is 2.54. The van der Waals surface area contributed by atoms with E-state index in [-0.39, 0.29) is 17.4 Å². The van der Waals surface area contributed by atoms with Crippen molar-refractivity contribution in [2.45, 2.75) is 19.9 Å². The van der Waals surface area contributed by atoms with Gasteiger partial charge in [-0.05, 0) is 24.1 Å². The molecule has 2 rings (SSSR count). The zero-order valence-electron chi connectivity index (χ0n) is 13.1. The number of ether oxygens (including phenoxy) is 1. The molecule has 1 aliphatic heterocycles. The molecule has 0 aromatic heterocycles. The number of benzene rings is 1. The first-order valence-corrected chi connectivity index (χ1v) is 7.52. The van der Waals surface area contributed by atoms with Crippen molar-refractivity contribution in [1.82, 2.24) is 10.2 Å². The van der Waals surface area contributed by atoms with Gasteiger partial charge in [0.05, 0.1) is 13.2 Å². The number of morpholine rings is 1. The number of halogens is 2. The van der Waals surface area contributed by atoms with Crippen molar-refractivity contribution in [3.63, 3.8) is 0 Å². The van der Waals surface area contributed by atoms with Gasteiger partial charge in [0.2, 0.25) is 5.91 Å². The quantitative estimate of drug-likeness (QED) is 0.914. The summed E-state index contributed by atoms with van der Waals surface area (Å²) < 4.78 is 31.4. The number of amides is 2. The second-order valence-electron chi connectivity index (χ2n) is 5.76. The topological polar surface area (TPSA) is 58.6 Å². The summed E-state index contributed by atoms with van der Waals surface area (Å²) in [5.74, 6) is -3.06. The summed E-state index contributed by atoms with van der Waals surface area (Å²) in [6.07, 6.45) is 0. The minimum absolute atomic E-state index is 0.0238. The van der Waals surface area contributed by atoms with E-state index in [4.69, 9.17) is 4.74 Å². The monoisotopic (exact) mass is 326 g/mol. The minimum atomic E-state index is -1.10. The Morgan fingerprint density at radius 2 is 1.83 bits per heavy atom. The van der Waals surface area contributed by atoms with Crippen LogP contribution in [0.2, 0.25) is 0 Å². The Labute approximate surface area is 133 Å². The molecule has 0 bridgehead atoms. The summed E-state index contributed by atoms with van der Waals surface area (Å²) in [6.45, 7) is 5.51. The van der Waals surface area contributed by atoms with Gasteiger partial charge >= 0.3 is 0 Å². The molecule has 5 nitrogen and oxygen atoms in total. The van der Waals surface area contributed by atoms with Crippen molar-refractivity contribution in [2.75, 3.05) is 26.3 Å². The van der Waals surface area contributed by atoms with Crippen molar-refractivity contribution in [1.29, 1.82) is 0 Å². The van der Waals surface area contributed by atoms with Crippen molar-refractivity contribution in [3.8, 4) is 0 Å². The fourth-order valence-electron chi connectivity index (χ4n) is 2.36. The molecule has 1 N–H and O–H groups in total. The van der Waals surface area contributed by atoms with Crippen molar-refractivity contribution in [2.24, 2.45) is 5.92 Å². The van der Waals surface area contributed by atoms with Crippen LogP contribution < -0.4 is 5.32 Å². The minimum Gasteiger partial charge on any atom is -0.378 e. The van der Waals surface area contributed by atoms with Gasteiger partial charge in [-0.1, -0.05) is 13.8 Å². The van der Waals surface area contributed by atoms with Crippen LogP contribution in [0.5, 0.6) is 0 Å². The largest absolute Gasteiger partial charge is 0.378 e. The van der Waals surface area contributed by atoms with Crippen LogP contribution in [0.15, 0.2) is 18.2 Å². The summed E-state index contributed by atoms with van der Waals surface area (Å²) in [5.41, 5.74) is -0.0238. The third-order valence-electron chi connectivity index (χ3n) is 3.72. The van der Waals surface area contributed by atoms with E-state index in [1.54, 1.807) is 4.90 Å². The second kappa shape index (κ2) is 7.50. The Hall–Kier alpha value is -2.02. The number of carbonyl (C=O) groups is 2. The molecule has 0 spiro atoms. The third kappa shape index (κ3) is 4.25. The van der Waals surface area contributed by atoms with E-state index >= 15 is 0 Å². The second-order valence-corrected chi connectivity index (χ2v) is 5.76. The van der Waals surface area contributed by atoms with E-state index in [9.17, 15) is 18.4 Å². The molecule has 1 atom stereocenters. The molecule has 1 saturated heterocycles. The van der Waals surface area contributed by atoms with Gasteiger partial charge in [0.1, 0.15) is 6.04 Å². The maximum atomic E-state index is 13.2. The molecule has 1 aliphatic rings. The molecule has 1 aromatic carbocycles. The highest BCUT2D eigenvalue weighted by Gasteiger charge is 2.30. The fraction of sp³-hybridized carbons (Fsp3) is 0.500. The molecule has 1 heterocycles. The van der Waals surface area contributed by atoms with Gasteiger partial charge in [-0.15, -0.1) is 0 Å². The Bertz CT molecular complexity index is 587. The molecule has 126 valence electrons. The van der Waals surface area contributed by atoms with Crippen LogP contribution in [0.1, 0.15) is 24.2 Å². The summed E-state index contributed by atoms with van der Waals surface area (Å²) >= 11 is 0. The van der Waals surface area contributed by atoms with Gasteiger partial charge in [0, 0.05) is 18.7 Å². The van der Waals surface area contributed by atoms with E-state index in [0.717, 1.165) is 12.1 Å². The Morgan fingerprint density at radius 1 is 1.17 bits per heavy atom. The fourth-order valence-corrected chi connectivity index (χ4v) is 2.36. The van der Waals surface area contributed by atoms with Gasteiger partial charge in [0.15, 0.2) is 11.6 Å². The number of rotatable bonds is 4. The van der Waals surface area contributed by atoms with Gasteiger partial charge in [-0.25, -0.2) is 8.78 Å². The molecule has 0 radical (unpaired) electrons. The maximum Gasteiger partial charge on any atom is 0.252 e. The lowest BCUT2D eigenvalue weighted by molar-refractivity contribution is -0.138. The molecule has 2 amide bonds. The van der Waals surface area contributed by atoms with E-state index in [0.29, 0.717) is 26.3 Å². The number of carbonyl (C=O) groups excluding carboxylic acids is 2. The maximum absolute atomic E-state index is 13.2. The molecule has 1 fully saturated rings. The van der Waals surface area contributed by atoms with Gasteiger partial charge in [-0.3, -0.25) is 9.59 Å². The number of hydrogen-bond donors (Lipinski definition) is 1. The van der Waals surface area contributed by atoms with E-state index in [2.05, 4.69) is 5.32 Å². The molecular weight excluding hydrogens is 306 g/mol. The lowest BCUT2D eigenvalue weighted by atomic mass is 10.0. The predicted octanol–water partition coefficient (Wildman–Crippen LogP) is 1.58. The lowest BCUT2D eigenvalue weighted by Gasteiger charge is -2.32. The summed E-state index contributed by atoms with van der Waals surface area (Å²) in [5, 5.41) is 2.62. The SMILES string of the molecule is CC(C)[C@@H](NC(=O)c1ccc(F)c(F)c1)C(=O)N1CCOCC1. The van der Waals surface area contributed by atoms with Crippen LogP contribution in [-0.4, -0.2) is 49.1 Å². The molecule has 1 aromatic rings. The molecule has 7 heteroatoms. The molecule has 0 saturated carbocycles. The predicted molar refractivity (Wildman–Crippen MR) is 79.8 cm³/mol.